The van der Waals surface area contributed by atoms with E-state index in [0.29, 0.717) is 12.3 Å². The monoisotopic (exact) mass is 403 g/mol. The number of hydrogen-bond donors (Lipinski definition) is 0. The first-order chi connectivity index (χ1) is 12.0. The molecule has 0 atom stereocenters. The molecule has 0 bridgehead atoms. The molecule has 7 heteroatoms. The number of rotatable bonds is 6. The second-order valence-corrected chi connectivity index (χ2v) is 6.45. The molecule has 0 N–H and O–H groups in total. The Balaban J connectivity index is 1.61. The number of para-hydroxylation sites is 1. The molecular formula is C18H18BrN3O3. The van der Waals surface area contributed by atoms with Gasteiger partial charge in [-0.3, -0.25) is 9.48 Å². The largest absolute Gasteiger partial charge is 0.484 e. The number of ether oxygens (including phenoxy) is 1. The summed E-state index contributed by atoms with van der Waals surface area (Å²) in [5.74, 6) is 1.41. The summed E-state index contributed by atoms with van der Waals surface area (Å²) in [6.07, 6.45) is 1.71. The number of carbonyl (C=O) groups excluding carboxylic acids is 1. The maximum absolute atomic E-state index is 12.5. The molecule has 6 nitrogen and oxygen atoms in total. The second-order valence-electron chi connectivity index (χ2n) is 5.59. The molecule has 2 aromatic heterocycles. The van der Waals surface area contributed by atoms with Gasteiger partial charge in [0.1, 0.15) is 18.1 Å². The summed E-state index contributed by atoms with van der Waals surface area (Å²) in [5.41, 5.74) is 0.944. The smallest absolute Gasteiger partial charge is 0.289 e. The molecule has 0 saturated heterocycles. The second kappa shape index (κ2) is 7.57. The average molecular weight is 404 g/mol. The molecule has 0 aliphatic heterocycles. The molecule has 0 radical (unpaired) electrons. The summed E-state index contributed by atoms with van der Waals surface area (Å²) >= 11 is 3.43. The van der Waals surface area contributed by atoms with E-state index >= 15 is 0 Å². The molecule has 130 valence electrons. The first-order valence-corrected chi connectivity index (χ1v) is 8.52. The maximum Gasteiger partial charge on any atom is 0.289 e. The number of amides is 1. The van der Waals surface area contributed by atoms with E-state index in [2.05, 4.69) is 21.0 Å². The van der Waals surface area contributed by atoms with Gasteiger partial charge in [-0.05, 0) is 46.3 Å². The molecule has 0 aliphatic carbocycles. The van der Waals surface area contributed by atoms with Gasteiger partial charge >= 0.3 is 0 Å². The van der Waals surface area contributed by atoms with Gasteiger partial charge in [-0.15, -0.1) is 0 Å². The number of nitrogens with zero attached hydrogens (tertiary/aromatic N) is 3. The van der Waals surface area contributed by atoms with Gasteiger partial charge in [0.25, 0.3) is 5.91 Å². The third-order valence-corrected chi connectivity index (χ3v) is 4.40. The van der Waals surface area contributed by atoms with E-state index in [0.717, 1.165) is 15.9 Å². The summed E-state index contributed by atoms with van der Waals surface area (Å²) in [6.45, 7) is 0.708. The van der Waals surface area contributed by atoms with E-state index in [-0.39, 0.29) is 18.3 Å². The SMILES string of the molecule is CN(Cc1ccnn1C)C(=O)c1ccc(COc2ccccc2Br)o1. The Hall–Kier alpha value is -2.54. The van der Waals surface area contributed by atoms with Crippen LogP contribution in [0.25, 0.3) is 0 Å². The van der Waals surface area contributed by atoms with Crippen molar-refractivity contribution in [3.63, 3.8) is 0 Å². The minimum absolute atomic E-state index is 0.187. The molecule has 0 saturated carbocycles. The lowest BCUT2D eigenvalue weighted by atomic mass is 10.3. The Morgan fingerprint density at radius 3 is 2.80 bits per heavy atom. The van der Waals surface area contributed by atoms with Crippen LogP contribution in [-0.4, -0.2) is 27.6 Å². The zero-order valence-electron chi connectivity index (χ0n) is 14.0. The van der Waals surface area contributed by atoms with Crippen LogP contribution in [0.5, 0.6) is 5.75 Å². The number of aryl methyl sites for hydroxylation is 1. The minimum atomic E-state index is -0.187. The van der Waals surface area contributed by atoms with Crippen LogP contribution >= 0.6 is 15.9 Å². The third kappa shape index (κ3) is 4.11. The first kappa shape index (κ1) is 17.3. The summed E-state index contributed by atoms with van der Waals surface area (Å²) in [5, 5.41) is 4.10. The summed E-state index contributed by atoms with van der Waals surface area (Å²) in [4.78, 5) is 14.1. The number of furan rings is 1. The predicted octanol–water partition coefficient (Wildman–Crippen LogP) is 3.63. The number of benzene rings is 1. The Bertz CT molecular complexity index is 872. The Morgan fingerprint density at radius 1 is 1.28 bits per heavy atom. The number of hydrogen-bond acceptors (Lipinski definition) is 4. The van der Waals surface area contributed by atoms with Crippen LogP contribution in [0.1, 0.15) is 22.0 Å². The van der Waals surface area contributed by atoms with Crippen molar-refractivity contribution in [3.05, 3.63) is 70.3 Å². The average Bonchev–Trinajstić information content (AvgIpc) is 3.23. The van der Waals surface area contributed by atoms with Crippen molar-refractivity contribution in [1.82, 2.24) is 14.7 Å². The van der Waals surface area contributed by atoms with Crippen LogP contribution in [0, 0.1) is 0 Å². The zero-order chi connectivity index (χ0) is 17.8. The van der Waals surface area contributed by atoms with E-state index in [1.54, 1.807) is 35.0 Å². The molecule has 0 spiro atoms. The Labute approximate surface area is 154 Å². The van der Waals surface area contributed by atoms with Gasteiger partial charge in [0.05, 0.1) is 16.7 Å². The van der Waals surface area contributed by atoms with E-state index in [1.807, 2.05) is 37.4 Å². The van der Waals surface area contributed by atoms with Crippen molar-refractivity contribution in [2.75, 3.05) is 7.05 Å². The van der Waals surface area contributed by atoms with Crippen LogP contribution in [-0.2, 0) is 20.2 Å². The Morgan fingerprint density at radius 2 is 2.08 bits per heavy atom. The molecule has 3 rings (SSSR count). The molecule has 3 aromatic rings. The van der Waals surface area contributed by atoms with Crippen molar-refractivity contribution in [2.45, 2.75) is 13.2 Å². The van der Waals surface area contributed by atoms with Gasteiger partial charge in [-0.1, -0.05) is 12.1 Å². The summed E-state index contributed by atoms with van der Waals surface area (Å²) in [7, 11) is 3.58. The lowest BCUT2D eigenvalue weighted by Gasteiger charge is -2.15. The van der Waals surface area contributed by atoms with Gasteiger partial charge in [0.15, 0.2) is 5.76 Å². The third-order valence-electron chi connectivity index (χ3n) is 3.75. The lowest BCUT2D eigenvalue weighted by Crippen LogP contribution is -2.26. The van der Waals surface area contributed by atoms with Crippen molar-refractivity contribution < 1.29 is 13.9 Å². The van der Waals surface area contributed by atoms with Crippen LogP contribution < -0.4 is 4.74 Å². The van der Waals surface area contributed by atoms with Crippen molar-refractivity contribution in [1.29, 1.82) is 0 Å². The summed E-state index contributed by atoms with van der Waals surface area (Å²) < 4.78 is 13.9. The molecule has 1 aromatic carbocycles. The van der Waals surface area contributed by atoms with Gasteiger partial charge in [0.2, 0.25) is 0 Å². The van der Waals surface area contributed by atoms with Crippen LogP contribution in [0.15, 0.2) is 57.6 Å². The number of aromatic nitrogens is 2. The highest BCUT2D eigenvalue weighted by molar-refractivity contribution is 9.10. The number of carbonyl (C=O) groups is 1. The Kier molecular flexibility index (Phi) is 5.23. The van der Waals surface area contributed by atoms with Gasteiger partial charge in [-0.25, -0.2) is 0 Å². The number of halogens is 1. The van der Waals surface area contributed by atoms with Crippen LogP contribution in [0.3, 0.4) is 0 Å². The highest BCUT2D eigenvalue weighted by Gasteiger charge is 2.17. The van der Waals surface area contributed by atoms with Gasteiger partial charge < -0.3 is 14.1 Å². The fourth-order valence-corrected chi connectivity index (χ4v) is 2.74. The molecule has 0 unspecified atom stereocenters. The van der Waals surface area contributed by atoms with Gasteiger partial charge in [-0.2, -0.15) is 5.10 Å². The van der Waals surface area contributed by atoms with E-state index in [9.17, 15) is 4.79 Å². The van der Waals surface area contributed by atoms with Crippen LogP contribution in [0.2, 0.25) is 0 Å². The molecule has 0 aliphatic rings. The fraction of sp³-hybridized carbons (Fsp3) is 0.222. The van der Waals surface area contributed by atoms with Gasteiger partial charge in [0, 0.05) is 20.3 Å². The molecule has 2 heterocycles. The quantitative estimate of drug-likeness (QED) is 0.630. The minimum Gasteiger partial charge on any atom is -0.484 e. The first-order valence-electron chi connectivity index (χ1n) is 7.73. The van der Waals surface area contributed by atoms with Crippen molar-refractivity contribution >= 4 is 21.8 Å². The highest BCUT2D eigenvalue weighted by Crippen LogP contribution is 2.25. The topological polar surface area (TPSA) is 60.5 Å². The molecule has 1 amide bonds. The lowest BCUT2D eigenvalue weighted by molar-refractivity contribution is 0.0746. The van der Waals surface area contributed by atoms with E-state index in [4.69, 9.17) is 9.15 Å². The normalized spacial score (nSPS) is 10.7. The maximum atomic E-state index is 12.5. The fourth-order valence-electron chi connectivity index (χ4n) is 2.34. The van der Waals surface area contributed by atoms with Crippen molar-refractivity contribution in [3.8, 4) is 5.75 Å². The molecule has 0 fully saturated rings. The standard InChI is InChI=1S/C18H18BrN3O3/c1-21(11-13-9-10-20-22(13)2)18(23)17-8-7-14(25-17)12-24-16-6-4-3-5-15(16)19/h3-10H,11-12H2,1-2H3. The van der Waals surface area contributed by atoms with E-state index < -0.39 is 0 Å². The molecule has 25 heavy (non-hydrogen) atoms. The van der Waals surface area contributed by atoms with Crippen LogP contribution in [0.4, 0.5) is 0 Å². The molecular weight excluding hydrogens is 386 g/mol. The predicted molar refractivity (Wildman–Crippen MR) is 96.2 cm³/mol. The highest BCUT2D eigenvalue weighted by atomic mass is 79.9. The summed E-state index contributed by atoms with van der Waals surface area (Å²) in [6, 6.07) is 12.9. The van der Waals surface area contributed by atoms with E-state index in [1.165, 1.54) is 0 Å². The van der Waals surface area contributed by atoms with Crippen molar-refractivity contribution in [2.24, 2.45) is 7.05 Å². The zero-order valence-corrected chi connectivity index (χ0v) is 15.6.